The first-order valence-electron chi connectivity index (χ1n) is 6.38. The maximum Gasteiger partial charge on any atom is 0.417 e. The molecule has 0 bridgehead atoms. The van der Waals surface area contributed by atoms with Gasteiger partial charge >= 0.3 is 12.1 Å². The molecule has 0 spiro atoms. The lowest BCUT2D eigenvalue weighted by atomic mass is 9.99. The molecule has 0 N–H and O–H groups in total. The van der Waals surface area contributed by atoms with Crippen LogP contribution in [-0.2, 0) is 15.7 Å². The Morgan fingerprint density at radius 2 is 1.77 bits per heavy atom. The third kappa shape index (κ3) is 3.85. The maximum atomic E-state index is 13.2. The van der Waals surface area contributed by atoms with Crippen molar-refractivity contribution in [2.45, 2.75) is 6.18 Å². The van der Waals surface area contributed by atoms with Crippen LogP contribution in [0.2, 0.25) is 0 Å². The van der Waals surface area contributed by atoms with Crippen LogP contribution in [0.4, 0.5) is 13.2 Å². The van der Waals surface area contributed by atoms with Crippen molar-refractivity contribution in [1.82, 2.24) is 0 Å². The largest absolute Gasteiger partial charge is 0.425 e. The van der Waals surface area contributed by atoms with E-state index in [1.165, 1.54) is 19.2 Å². The Balaban J connectivity index is 2.42. The zero-order valence-electron chi connectivity index (χ0n) is 11.7. The normalized spacial score (nSPS) is 11.3. The molecule has 0 aliphatic carbocycles. The second-order valence-corrected chi connectivity index (χ2v) is 4.48. The summed E-state index contributed by atoms with van der Waals surface area (Å²) in [4.78, 5) is 11.3. The van der Waals surface area contributed by atoms with Gasteiger partial charge in [0.15, 0.2) is 0 Å². The highest BCUT2D eigenvalue weighted by Gasteiger charge is 2.34. The van der Waals surface area contributed by atoms with E-state index in [1.807, 2.05) is 0 Å². The van der Waals surface area contributed by atoms with E-state index in [4.69, 9.17) is 4.74 Å². The van der Waals surface area contributed by atoms with Crippen molar-refractivity contribution < 1.29 is 27.4 Å². The van der Waals surface area contributed by atoms with Crippen LogP contribution >= 0.6 is 0 Å². The second-order valence-electron chi connectivity index (χ2n) is 4.48. The number of rotatable bonds is 4. The third-order valence-electron chi connectivity index (χ3n) is 2.88. The van der Waals surface area contributed by atoms with Crippen molar-refractivity contribution in [2.24, 2.45) is 0 Å². The molecule has 2 rings (SSSR count). The van der Waals surface area contributed by atoms with E-state index in [1.54, 1.807) is 30.3 Å². The van der Waals surface area contributed by atoms with Crippen molar-refractivity contribution in [3.63, 3.8) is 0 Å². The lowest BCUT2D eigenvalue weighted by Gasteiger charge is -2.14. The summed E-state index contributed by atoms with van der Waals surface area (Å²) in [6.45, 7) is -0.332. The summed E-state index contributed by atoms with van der Waals surface area (Å²) in [5.74, 6) is -0.933. The molecule has 3 nitrogen and oxygen atoms in total. The SMILES string of the molecule is COCC(=O)Oc1ccc(-c2ccccc2)c(C(F)(F)F)c1. The minimum absolute atomic E-state index is 0.0274. The van der Waals surface area contributed by atoms with E-state index in [2.05, 4.69) is 4.74 Å². The molecule has 0 amide bonds. The number of ether oxygens (including phenoxy) is 2. The van der Waals surface area contributed by atoms with Gasteiger partial charge in [0.25, 0.3) is 0 Å². The van der Waals surface area contributed by atoms with Gasteiger partial charge in [-0.05, 0) is 23.3 Å². The summed E-state index contributed by atoms with van der Waals surface area (Å²) in [6.07, 6.45) is -4.56. The van der Waals surface area contributed by atoms with Gasteiger partial charge in [-0.3, -0.25) is 0 Å². The van der Waals surface area contributed by atoms with Crippen molar-refractivity contribution in [1.29, 1.82) is 0 Å². The second kappa shape index (κ2) is 6.62. The molecule has 0 radical (unpaired) electrons. The number of hydrogen-bond acceptors (Lipinski definition) is 3. The van der Waals surface area contributed by atoms with Crippen LogP contribution in [-0.4, -0.2) is 19.7 Å². The Kier molecular flexibility index (Phi) is 4.82. The summed E-state index contributed by atoms with van der Waals surface area (Å²) in [5, 5.41) is 0. The molecule has 0 fully saturated rings. The van der Waals surface area contributed by atoms with E-state index < -0.39 is 17.7 Å². The monoisotopic (exact) mass is 310 g/mol. The highest BCUT2D eigenvalue weighted by molar-refractivity contribution is 5.75. The summed E-state index contributed by atoms with van der Waals surface area (Å²) >= 11 is 0. The minimum atomic E-state index is -4.56. The summed E-state index contributed by atoms with van der Waals surface area (Å²) in [7, 11) is 1.29. The minimum Gasteiger partial charge on any atom is -0.425 e. The Labute approximate surface area is 125 Å². The van der Waals surface area contributed by atoms with Gasteiger partial charge in [0, 0.05) is 7.11 Å². The lowest BCUT2D eigenvalue weighted by Crippen LogP contribution is -2.15. The van der Waals surface area contributed by atoms with Crippen LogP contribution in [0.3, 0.4) is 0 Å². The van der Waals surface area contributed by atoms with Gasteiger partial charge in [-0.2, -0.15) is 13.2 Å². The van der Waals surface area contributed by atoms with Gasteiger partial charge < -0.3 is 9.47 Å². The molecule has 0 heterocycles. The van der Waals surface area contributed by atoms with Gasteiger partial charge in [-0.15, -0.1) is 0 Å². The molecule has 116 valence electrons. The summed E-state index contributed by atoms with van der Waals surface area (Å²) in [5.41, 5.74) is -0.398. The van der Waals surface area contributed by atoms with E-state index in [0.717, 1.165) is 6.07 Å². The lowest BCUT2D eigenvalue weighted by molar-refractivity contribution is -0.140. The van der Waals surface area contributed by atoms with E-state index in [0.29, 0.717) is 5.56 Å². The average Bonchev–Trinajstić information content (AvgIpc) is 2.47. The van der Waals surface area contributed by atoms with E-state index in [9.17, 15) is 18.0 Å². The number of methoxy groups -OCH3 is 1. The quantitative estimate of drug-likeness (QED) is 0.634. The number of carbonyl (C=O) groups is 1. The fourth-order valence-electron chi connectivity index (χ4n) is 1.97. The highest BCUT2D eigenvalue weighted by Crippen LogP contribution is 2.39. The van der Waals surface area contributed by atoms with Gasteiger partial charge in [-0.25, -0.2) is 4.79 Å². The zero-order valence-corrected chi connectivity index (χ0v) is 11.7. The number of benzene rings is 2. The van der Waals surface area contributed by atoms with Gasteiger partial charge in [0.2, 0.25) is 0 Å². The molecule has 0 aliphatic heterocycles. The molecular formula is C16H13F3O3. The first-order valence-corrected chi connectivity index (χ1v) is 6.38. The number of alkyl halides is 3. The van der Waals surface area contributed by atoms with Gasteiger partial charge in [0.05, 0.1) is 5.56 Å². The molecule has 22 heavy (non-hydrogen) atoms. The van der Waals surface area contributed by atoms with Crippen LogP contribution in [0, 0.1) is 0 Å². The summed E-state index contributed by atoms with van der Waals surface area (Å²) < 4.78 is 49.1. The number of carbonyl (C=O) groups excluding carboxylic acids is 1. The molecule has 6 heteroatoms. The Bertz CT molecular complexity index is 651. The van der Waals surface area contributed by atoms with Crippen LogP contribution in [0.1, 0.15) is 5.56 Å². The molecule has 0 atom stereocenters. The van der Waals surface area contributed by atoms with E-state index >= 15 is 0 Å². The molecule has 2 aromatic rings. The van der Waals surface area contributed by atoms with Crippen LogP contribution in [0.15, 0.2) is 48.5 Å². The Morgan fingerprint density at radius 3 is 2.36 bits per heavy atom. The Morgan fingerprint density at radius 1 is 1.09 bits per heavy atom. The van der Waals surface area contributed by atoms with Crippen LogP contribution < -0.4 is 4.74 Å². The standard InChI is InChI=1S/C16H13F3O3/c1-21-10-15(20)22-12-7-8-13(11-5-3-2-4-6-11)14(9-12)16(17,18)19/h2-9H,10H2,1H3. The molecule has 0 aromatic heterocycles. The third-order valence-corrected chi connectivity index (χ3v) is 2.88. The summed E-state index contributed by atoms with van der Waals surface area (Å²) in [6, 6.07) is 11.6. The maximum absolute atomic E-state index is 13.2. The van der Waals surface area contributed by atoms with Gasteiger partial charge in [0.1, 0.15) is 12.4 Å². The average molecular weight is 310 g/mol. The molecule has 2 aromatic carbocycles. The predicted octanol–water partition coefficient (Wildman–Crippen LogP) is 3.92. The first-order chi connectivity index (χ1) is 10.4. The molecule has 0 aliphatic rings. The van der Waals surface area contributed by atoms with Crippen molar-refractivity contribution in [3.8, 4) is 16.9 Å². The molecule has 0 saturated heterocycles. The number of hydrogen-bond donors (Lipinski definition) is 0. The van der Waals surface area contributed by atoms with Crippen LogP contribution in [0.5, 0.6) is 5.75 Å². The molecule has 0 saturated carbocycles. The van der Waals surface area contributed by atoms with Crippen molar-refractivity contribution >= 4 is 5.97 Å². The van der Waals surface area contributed by atoms with Crippen molar-refractivity contribution in [3.05, 3.63) is 54.1 Å². The predicted molar refractivity (Wildman–Crippen MR) is 74.4 cm³/mol. The van der Waals surface area contributed by atoms with Crippen LogP contribution in [0.25, 0.3) is 11.1 Å². The van der Waals surface area contributed by atoms with E-state index in [-0.39, 0.29) is 17.9 Å². The molecular weight excluding hydrogens is 297 g/mol. The first kappa shape index (κ1) is 16.0. The smallest absolute Gasteiger partial charge is 0.417 e. The topological polar surface area (TPSA) is 35.5 Å². The molecule has 0 unspecified atom stereocenters. The number of halogens is 3. The zero-order chi connectivity index (χ0) is 16.2. The fourth-order valence-corrected chi connectivity index (χ4v) is 1.97. The van der Waals surface area contributed by atoms with Gasteiger partial charge in [-0.1, -0.05) is 36.4 Å². The van der Waals surface area contributed by atoms with Crippen molar-refractivity contribution in [2.75, 3.05) is 13.7 Å². The highest BCUT2D eigenvalue weighted by atomic mass is 19.4. The fraction of sp³-hybridized carbons (Fsp3) is 0.188. The number of esters is 1. The Hall–Kier alpha value is -2.34.